The fraction of sp³-hybridized carbons (Fsp3) is 0.312. The Morgan fingerprint density at radius 1 is 1.19 bits per heavy atom. The van der Waals surface area contributed by atoms with Gasteiger partial charge in [-0.05, 0) is 37.6 Å². The first-order valence-corrected chi connectivity index (χ1v) is 7.04. The third-order valence-corrected chi connectivity index (χ3v) is 3.67. The lowest BCUT2D eigenvalue weighted by Crippen LogP contribution is -2.10. The molecule has 0 radical (unpaired) electrons. The first-order valence-electron chi connectivity index (χ1n) is 6.66. The summed E-state index contributed by atoms with van der Waals surface area (Å²) in [6.45, 7) is 4.04. The third kappa shape index (κ3) is 3.39. The van der Waals surface area contributed by atoms with E-state index in [4.69, 9.17) is 21.1 Å². The molecule has 1 N–H and O–H groups in total. The molecule has 112 valence electrons. The molecule has 0 aliphatic rings. The van der Waals surface area contributed by atoms with E-state index in [0.29, 0.717) is 5.15 Å². The van der Waals surface area contributed by atoms with Gasteiger partial charge < -0.3 is 14.8 Å². The molecular weight excluding hydrogens is 288 g/mol. The van der Waals surface area contributed by atoms with Crippen LogP contribution in [0.4, 0.5) is 5.69 Å². The average molecular weight is 307 g/mol. The van der Waals surface area contributed by atoms with Crippen molar-refractivity contribution < 1.29 is 9.47 Å². The van der Waals surface area contributed by atoms with Gasteiger partial charge in [0, 0.05) is 17.8 Å². The van der Waals surface area contributed by atoms with Crippen LogP contribution in [0.5, 0.6) is 11.5 Å². The molecule has 0 fully saturated rings. The molecule has 0 saturated carbocycles. The number of aromatic nitrogens is 1. The second-order valence-electron chi connectivity index (χ2n) is 4.77. The van der Waals surface area contributed by atoms with Gasteiger partial charge in [0.15, 0.2) is 5.15 Å². The monoisotopic (exact) mass is 306 g/mol. The van der Waals surface area contributed by atoms with Crippen molar-refractivity contribution in [3.8, 4) is 11.5 Å². The number of nitrogens with one attached hydrogen (secondary N) is 1. The molecule has 1 aromatic heterocycles. The summed E-state index contributed by atoms with van der Waals surface area (Å²) in [7, 11) is 3.28. The Labute approximate surface area is 130 Å². The zero-order valence-corrected chi connectivity index (χ0v) is 13.4. The van der Waals surface area contributed by atoms with Crippen molar-refractivity contribution in [1.82, 2.24) is 4.98 Å². The summed E-state index contributed by atoms with van der Waals surface area (Å²) in [5.74, 6) is 1.53. The molecule has 0 amide bonds. The predicted octanol–water partition coefficient (Wildman–Crippen LogP) is 4.23. The predicted molar refractivity (Wildman–Crippen MR) is 85.6 cm³/mol. The molecule has 1 heterocycles. The molecule has 2 aromatic rings. The number of pyridine rings is 1. The van der Waals surface area contributed by atoms with Crippen LogP contribution in [-0.2, 0) is 0 Å². The first kappa shape index (κ1) is 15.4. The highest BCUT2D eigenvalue weighted by Gasteiger charge is 2.15. The first-order chi connectivity index (χ1) is 10.1. The highest BCUT2D eigenvalue weighted by Crippen LogP contribution is 2.33. The molecule has 1 atom stereocenters. The zero-order valence-electron chi connectivity index (χ0n) is 12.6. The maximum Gasteiger partial charge on any atom is 0.152 e. The lowest BCUT2D eigenvalue weighted by molar-refractivity contribution is 0.390. The topological polar surface area (TPSA) is 43.4 Å². The van der Waals surface area contributed by atoms with Crippen molar-refractivity contribution in [3.05, 3.63) is 46.7 Å². The van der Waals surface area contributed by atoms with Gasteiger partial charge in [-0.25, -0.2) is 4.98 Å². The molecule has 0 aliphatic heterocycles. The molecule has 4 nitrogen and oxygen atoms in total. The molecule has 2 rings (SSSR count). The van der Waals surface area contributed by atoms with Gasteiger partial charge in [0.1, 0.15) is 11.5 Å². The molecule has 0 spiro atoms. The van der Waals surface area contributed by atoms with Gasteiger partial charge in [-0.15, -0.1) is 0 Å². The third-order valence-electron chi connectivity index (χ3n) is 3.38. The number of nitrogens with zero attached hydrogens (tertiary/aromatic N) is 1. The molecule has 1 unspecified atom stereocenters. The van der Waals surface area contributed by atoms with E-state index in [0.717, 1.165) is 28.3 Å². The quantitative estimate of drug-likeness (QED) is 0.839. The lowest BCUT2D eigenvalue weighted by atomic mass is 10.1. The Hall–Kier alpha value is -1.94. The summed E-state index contributed by atoms with van der Waals surface area (Å²) in [6.07, 6.45) is 1.70. The lowest BCUT2D eigenvalue weighted by Gasteiger charge is -2.20. The van der Waals surface area contributed by atoms with Crippen molar-refractivity contribution in [3.63, 3.8) is 0 Å². The smallest absolute Gasteiger partial charge is 0.152 e. The van der Waals surface area contributed by atoms with Gasteiger partial charge in [0.25, 0.3) is 0 Å². The van der Waals surface area contributed by atoms with Crippen LogP contribution in [0.2, 0.25) is 5.15 Å². The van der Waals surface area contributed by atoms with Gasteiger partial charge >= 0.3 is 0 Å². The van der Waals surface area contributed by atoms with Crippen LogP contribution in [0.15, 0.2) is 30.5 Å². The minimum atomic E-state index is 0.0197. The number of hydrogen-bond acceptors (Lipinski definition) is 4. The van der Waals surface area contributed by atoms with E-state index in [2.05, 4.69) is 10.3 Å². The van der Waals surface area contributed by atoms with Crippen LogP contribution in [0.1, 0.15) is 24.1 Å². The van der Waals surface area contributed by atoms with Crippen molar-refractivity contribution in [2.45, 2.75) is 19.9 Å². The van der Waals surface area contributed by atoms with Crippen molar-refractivity contribution in [1.29, 1.82) is 0 Å². The van der Waals surface area contributed by atoms with Crippen LogP contribution in [0.25, 0.3) is 0 Å². The van der Waals surface area contributed by atoms with Gasteiger partial charge in [0.05, 0.1) is 25.9 Å². The second-order valence-corrected chi connectivity index (χ2v) is 5.13. The summed E-state index contributed by atoms with van der Waals surface area (Å²) in [6, 6.07) is 7.70. The zero-order chi connectivity index (χ0) is 15.4. The Morgan fingerprint density at radius 2 is 1.95 bits per heavy atom. The molecule has 1 aromatic carbocycles. The van der Waals surface area contributed by atoms with Crippen LogP contribution in [0, 0.1) is 6.92 Å². The minimum absolute atomic E-state index is 0.0197. The second kappa shape index (κ2) is 6.68. The molecule has 5 heteroatoms. The van der Waals surface area contributed by atoms with Gasteiger partial charge in [-0.1, -0.05) is 11.6 Å². The van der Waals surface area contributed by atoms with E-state index in [1.165, 1.54) is 0 Å². The Morgan fingerprint density at radius 3 is 2.57 bits per heavy atom. The maximum atomic E-state index is 6.16. The van der Waals surface area contributed by atoms with Crippen LogP contribution < -0.4 is 14.8 Å². The minimum Gasteiger partial charge on any atom is -0.497 e. The van der Waals surface area contributed by atoms with E-state index in [-0.39, 0.29) is 6.04 Å². The summed E-state index contributed by atoms with van der Waals surface area (Å²) < 4.78 is 10.7. The summed E-state index contributed by atoms with van der Waals surface area (Å²) in [4.78, 5) is 4.11. The normalized spacial score (nSPS) is 11.9. The molecule has 0 bridgehead atoms. The van der Waals surface area contributed by atoms with E-state index in [9.17, 15) is 0 Å². The Balaban J connectivity index is 2.30. The van der Waals surface area contributed by atoms with Gasteiger partial charge in [-0.3, -0.25) is 0 Å². The number of methoxy groups -OCH3 is 2. The number of benzene rings is 1. The number of aryl methyl sites for hydroxylation is 1. The average Bonchev–Trinajstić information content (AvgIpc) is 2.50. The van der Waals surface area contributed by atoms with Crippen molar-refractivity contribution in [2.75, 3.05) is 19.5 Å². The molecule has 0 aliphatic carbocycles. The number of anilines is 1. The fourth-order valence-corrected chi connectivity index (χ4v) is 2.43. The molecular formula is C16H19ClN2O2. The summed E-state index contributed by atoms with van der Waals surface area (Å²) >= 11 is 6.16. The van der Waals surface area contributed by atoms with Crippen LogP contribution in [-0.4, -0.2) is 19.2 Å². The summed E-state index contributed by atoms with van der Waals surface area (Å²) in [5, 5.41) is 3.86. The van der Waals surface area contributed by atoms with Crippen molar-refractivity contribution >= 4 is 17.3 Å². The van der Waals surface area contributed by atoms with E-state index in [1.54, 1.807) is 20.4 Å². The number of rotatable bonds is 5. The van der Waals surface area contributed by atoms with Gasteiger partial charge in [0.2, 0.25) is 0 Å². The molecule has 21 heavy (non-hydrogen) atoms. The fourth-order valence-electron chi connectivity index (χ4n) is 2.17. The van der Waals surface area contributed by atoms with E-state index in [1.807, 2.05) is 38.1 Å². The number of ether oxygens (including phenoxy) is 2. The highest BCUT2D eigenvalue weighted by molar-refractivity contribution is 6.32. The van der Waals surface area contributed by atoms with Crippen LogP contribution >= 0.6 is 11.6 Å². The summed E-state index contributed by atoms with van der Waals surface area (Å²) in [5.41, 5.74) is 2.91. The number of halogens is 1. The Kier molecular flexibility index (Phi) is 4.91. The van der Waals surface area contributed by atoms with Gasteiger partial charge in [-0.2, -0.15) is 0 Å². The number of hydrogen-bond donors (Lipinski definition) is 1. The van der Waals surface area contributed by atoms with Crippen molar-refractivity contribution in [2.24, 2.45) is 0 Å². The largest absolute Gasteiger partial charge is 0.497 e. The SMILES string of the molecule is COc1ccc(C(C)Nc2c(C)ccnc2Cl)c(OC)c1. The standard InChI is InChI=1S/C16H19ClN2O2/c1-10-7-8-18-16(17)15(10)19-11(2)13-6-5-12(20-3)9-14(13)21-4/h5-9,11,19H,1-4H3. The maximum absolute atomic E-state index is 6.16. The Bertz CT molecular complexity index is 611. The van der Waals surface area contributed by atoms with Crippen LogP contribution in [0.3, 0.4) is 0 Å². The highest BCUT2D eigenvalue weighted by atomic mass is 35.5. The van der Waals surface area contributed by atoms with E-state index < -0.39 is 0 Å². The molecule has 0 saturated heterocycles. The van der Waals surface area contributed by atoms with E-state index >= 15 is 0 Å².